The van der Waals surface area contributed by atoms with Crippen LogP contribution in [0.5, 0.6) is 0 Å². The van der Waals surface area contributed by atoms with Gasteiger partial charge in [0.1, 0.15) is 0 Å². The molecule has 0 spiro atoms. The van der Waals surface area contributed by atoms with E-state index in [1.165, 1.54) is 0 Å². The minimum atomic E-state index is -0.0766. The minimum absolute atomic E-state index is 0.0766. The molecule has 0 bridgehead atoms. The van der Waals surface area contributed by atoms with E-state index in [0.717, 1.165) is 23.5 Å². The zero-order valence-electron chi connectivity index (χ0n) is 10.8. The van der Waals surface area contributed by atoms with E-state index >= 15 is 0 Å². The van der Waals surface area contributed by atoms with E-state index in [0.29, 0.717) is 10.8 Å². The zero-order chi connectivity index (χ0) is 14.1. The average Bonchev–Trinajstić information content (AvgIpc) is 2.38. The number of hydrogen-bond acceptors (Lipinski definition) is 3. The monoisotopic (exact) mass is 296 g/mol. The predicted molar refractivity (Wildman–Crippen MR) is 83.8 cm³/mol. The van der Waals surface area contributed by atoms with E-state index in [2.05, 4.69) is 16.6 Å². The fourth-order valence-electron chi connectivity index (χ4n) is 1.40. The van der Waals surface area contributed by atoms with Crippen molar-refractivity contribution in [1.82, 2.24) is 5.32 Å². The van der Waals surface area contributed by atoms with Gasteiger partial charge in [-0.05, 0) is 24.6 Å². The van der Waals surface area contributed by atoms with Gasteiger partial charge in [-0.25, -0.2) is 0 Å². The first-order valence-corrected chi connectivity index (χ1v) is 7.44. The molecule has 0 atom stereocenters. The summed E-state index contributed by atoms with van der Waals surface area (Å²) in [7, 11) is 0. The molecule has 0 fully saturated rings. The molecule has 0 saturated heterocycles. The number of rotatable bonds is 7. The molecule has 0 unspecified atom stereocenters. The lowest BCUT2D eigenvalue weighted by atomic mass is 10.2. The van der Waals surface area contributed by atoms with Crippen molar-refractivity contribution in [2.45, 2.75) is 6.92 Å². The Bertz CT molecular complexity index is 471. The molecule has 102 valence electrons. The van der Waals surface area contributed by atoms with Gasteiger partial charge in [0, 0.05) is 23.0 Å². The van der Waals surface area contributed by atoms with Crippen molar-refractivity contribution in [3.05, 3.63) is 28.8 Å². The third-order valence-electron chi connectivity index (χ3n) is 2.37. The number of amides is 1. The molecule has 0 saturated carbocycles. The molecule has 0 heterocycles. The Hall–Kier alpha value is -1.15. The maximum Gasteiger partial charge on any atom is 0.238 e. The van der Waals surface area contributed by atoms with Crippen molar-refractivity contribution in [2.75, 3.05) is 29.9 Å². The molecule has 0 radical (unpaired) electrons. The number of carbonyl (C=O) groups excluding carboxylic acids is 1. The molecule has 0 aromatic heterocycles. The van der Waals surface area contributed by atoms with Crippen molar-refractivity contribution < 1.29 is 4.79 Å². The van der Waals surface area contributed by atoms with E-state index < -0.39 is 0 Å². The molecule has 3 nitrogen and oxygen atoms in total. The molecule has 0 aliphatic carbocycles. The molecule has 5 heteroatoms. The van der Waals surface area contributed by atoms with Crippen molar-refractivity contribution >= 4 is 35.0 Å². The van der Waals surface area contributed by atoms with Crippen LogP contribution in [0.25, 0.3) is 0 Å². The number of thioether (sulfide) groups is 1. The minimum Gasteiger partial charge on any atom is -0.325 e. The van der Waals surface area contributed by atoms with Gasteiger partial charge in [-0.1, -0.05) is 23.6 Å². The summed E-state index contributed by atoms with van der Waals surface area (Å²) in [4.78, 5) is 11.7. The molecule has 1 amide bonds. The van der Waals surface area contributed by atoms with Gasteiger partial charge in [0.05, 0.1) is 12.3 Å². The Morgan fingerprint density at radius 3 is 3.05 bits per heavy atom. The van der Waals surface area contributed by atoms with Gasteiger partial charge in [0.25, 0.3) is 0 Å². The van der Waals surface area contributed by atoms with E-state index in [4.69, 9.17) is 18.0 Å². The first kappa shape index (κ1) is 15.9. The number of benzene rings is 1. The molecular formula is C14H17ClN2OS. The van der Waals surface area contributed by atoms with E-state index in [9.17, 15) is 4.79 Å². The van der Waals surface area contributed by atoms with E-state index in [1.807, 2.05) is 13.0 Å². The second-order valence-corrected chi connectivity index (χ2v) is 5.48. The molecule has 2 N–H and O–H groups in total. The molecule has 1 aromatic carbocycles. The molecular weight excluding hydrogens is 280 g/mol. The molecule has 1 rings (SSSR count). The zero-order valence-corrected chi connectivity index (χ0v) is 12.4. The summed E-state index contributed by atoms with van der Waals surface area (Å²) in [5.74, 6) is 4.08. The summed E-state index contributed by atoms with van der Waals surface area (Å²) < 4.78 is 0. The normalized spacial score (nSPS) is 9.95. The van der Waals surface area contributed by atoms with E-state index in [1.54, 1.807) is 23.9 Å². The highest BCUT2D eigenvalue weighted by molar-refractivity contribution is 7.99. The summed E-state index contributed by atoms with van der Waals surface area (Å²) in [5, 5.41) is 6.50. The predicted octanol–water partition coefficient (Wildman–Crippen LogP) is 2.54. The summed E-state index contributed by atoms with van der Waals surface area (Å²) in [5.41, 5.74) is 1.74. The summed E-state index contributed by atoms with van der Waals surface area (Å²) in [6.07, 6.45) is 5.14. The fourth-order valence-corrected chi connectivity index (χ4v) is 2.12. The number of anilines is 1. The smallest absolute Gasteiger partial charge is 0.238 e. The highest BCUT2D eigenvalue weighted by Crippen LogP contribution is 2.19. The largest absolute Gasteiger partial charge is 0.325 e. The van der Waals surface area contributed by atoms with Crippen LogP contribution < -0.4 is 10.6 Å². The number of aryl methyl sites for hydroxylation is 1. The Kier molecular flexibility index (Phi) is 7.42. The number of carbonyl (C=O) groups is 1. The Balaban J connectivity index is 2.28. The van der Waals surface area contributed by atoms with Gasteiger partial charge in [-0.2, -0.15) is 0 Å². The van der Waals surface area contributed by atoms with Crippen molar-refractivity contribution in [1.29, 1.82) is 0 Å². The fraction of sp³-hybridized carbons (Fsp3) is 0.357. The van der Waals surface area contributed by atoms with Gasteiger partial charge in [0.2, 0.25) is 5.91 Å². The first-order valence-electron chi connectivity index (χ1n) is 5.91. The molecule has 0 aliphatic heterocycles. The highest BCUT2D eigenvalue weighted by Gasteiger charge is 2.04. The van der Waals surface area contributed by atoms with Crippen molar-refractivity contribution in [2.24, 2.45) is 0 Å². The number of nitrogens with one attached hydrogen (secondary N) is 2. The lowest BCUT2D eigenvalue weighted by molar-refractivity contribution is -0.115. The second kappa shape index (κ2) is 8.87. The van der Waals surface area contributed by atoms with Crippen molar-refractivity contribution in [3.63, 3.8) is 0 Å². The lowest BCUT2D eigenvalue weighted by Crippen LogP contribution is -2.29. The van der Waals surface area contributed by atoms with Crippen molar-refractivity contribution in [3.8, 4) is 12.3 Å². The Morgan fingerprint density at radius 2 is 2.32 bits per heavy atom. The van der Waals surface area contributed by atoms with E-state index in [-0.39, 0.29) is 12.5 Å². The highest BCUT2D eigenvalue weighted by atomic mass is 35.5. The van der Waals surface area contributed by atoms with Gasteiger partial charge < -0.3 is 10.6 Å². The van der Waals surface area contributed by atoms with Crippen LogP contribution in [0.1, 0.15) is 5.56 Å². The van der Waals surface area contributed by atoms with Gasteiger partial charge in [0.15, 0.2) is 0 Å². The number of terminal acetylenes is 1. The summed E-state index contributed by atoms with van der Waals surface area (Å²) in [6.45, 7) is 2.96. The second-order valence-electron chi connectivity index (χ2n) is 3.94. The molecule has 0 aliphatic rings. The number of halogens is 1. The van der Waals surface area contributed by atoms with Crippen LogP contribution in [0.15, 0.2) is 18.2 Å². The van der Waals surface area contributed by atoms with Crippen LogP contribution in [-0.2, 0) is 4.79 Å². The lowest BCUT2D eigenvalue weighted by Gasteiger charge is -2.09. The third kappa shape index (κ3) is 6.53. The van der Waals surface area contributed by atoms with Crippen LogP contribution in [0.2, 0.25) is 5.02 Å². The van der Waals surface area contributed by atoms with Crippen LogP contribution >= 0.6 is 23.4 Å². The Morgan fingerprint density at radius 1 is 1.53 bits per heavy atom. The summed E-state index contributed by atoms with van der Waals surface area (Å²) >= 11 is 7.56. The maximum absolute atomic E-state index is 11.7. The number of hydrogen-bond donors (Lipinski definition) is 2. The molecule has 1 aromatic rings. The van der Waals surface area contributed by atoms with Crippen LogP contribution in [-0.4, -0.2) is 30.5 Å². The van der Waals surface area contributed by atoms with Gasteiger partial charge >= 0.3 is 0 Å². The topological polar surface area (TPSA) is 41.1 Å². The maximum atomic E-state index is 11.7. The standard InChI is InChI=1S/C14H17ClN2OS/c1-3-7-19-8-6-16-10-14(18)17-13-9-12(15)5-4-11(13)2/h1,4-5,9,16H,6-8,10H2,2H3,(H,17,18). The SMILES string of the molecule is C#CCSCCNCC(=O)Nc1cc(Cl)ccc1C. The Labute approximate surface area is 123 Å². The van der Waals surface area contributed by atoms with Gasteiger partial charge in [-0.15, -0.1) is 18.2 Å². The average molecular weight is 297 g/mol. The van der Waals surface area contributed by atoms with Crippen LogP contribution in [0, 0.1) is 19.3 Å². The van der Waals surface area contributed by atoms with Crippen LogP contribution in [0.4, 0.5) is 5.69 Å². The molecule has 19 heavy (non-hydrogen) atoms. The summed E-state index contributed by atoms with van der Waals surface area (Å²) in [6, 6.07) is 5.42. The quantitative estimate of drug-likeness (QED) is 0.600. The first-order chi connectivity index (χ1) is 9.13. The third-order valence-corrected chi connectivity index (χ3v) is 3.47. The van der Waals surface area contributed by atoms with Crippen LogP contribution in [0.3, 0.4) is 0 Å². The van der Waals surface area contributed by atoms with Gasteiger partial charge in [-0.3, -0.25) is 4.79 Å².